The largest absolute Gasteiger partial charge is 0.361 e. The van der Waals surface area contributed by atoms with Crippen molar-refractivity contribution in [3.05, 3.63) is 0 Å². The summed E-state index contributed by atoms with van der Waals surface area (Å²) in [5.74, 6) is 2.62. The predicted molar refractivity (Wildman–Crippen MR) is 56.9 cm³/mol. The molecule has 0 fully saturated rings. The molecular formula is C9H16N2S. The number of thiocarbonyl (C=S) groups is 1. The summed E-state index contributed by atoms with van der Waals surface area (Å²) in [7, 11) is 0. The zero-order valence-corrected chi connectivity index (χ0v) is 8.66. The number of terminal acetylenes is 1. The van der Waals surface area contributed by atoms with Crippen molar-refractivity contribution in [2.24, 2.45) is 0 Å². The number of rotatable bonds is 3. The molecule has 0 saturated carbocycles. The van der Waals surface area contributed by atoms with Crippen LogP contribution in [0.25, 0.3) is 0 Å². The molecule has 0 aromatic carbocycles. The third kappa shape index (κ3) is 4.97. The Labute approximate surface area is 80.1 Å². The van der Waals surface area contributed by atoms with E-state index in [0.29, 0.717) is 11.2 Å². The first-order valence-electron chi connectivity index (χ1n) is 4.13. The second kappa shape index (κ2) is 5.84. The van der Waals surface area contributed by atoms with E-state index in [0.717, 1.165) is 6.42 Å². The predicted octanol–water partition coefficient (Wildman–Crippen LogP) is 1.27. The third-order valence-corrected chi connectivity index (χ3v) is 1.57. The Bertz CT molecular complexity index is 181. The molecule has 12 heavy (non-hydrogen) atoms. The molecule has 0 saturated heterocycles. The molecule has 0 aliphatic carbocycles. The van der Waals surface area contributed by atoms with Gasteiger partial charge in [0.1, 0.15) is 0 Å². The van der Waals surface area contributed by atoms with Gasteiger partial charge in [0.25, 0.3) is 0 Å². The van der Waals surface area contributed by atoms with Crippen LogP contribution in [0.15, 0.2) is 0 Å². The molecule has 2 N–H and O–H groups in total. The van der Waals surface area contributed by atoms with Crippen LogP contribution in [0, 0.1) is 12.3 Å². The summed E-state index contributed by atoms with van der Waals surface area (Å²) < 4.78 is 0. The van der Waals surface area contributed by atoms with E-state index >= 15 is 0 Å². The van der Waals surface area contributed by atoms with Crippen LogP contribution in [-0.4, -0.2) is 17.2 Å². The van der Waals surface area contributed by atoms with Crippen LogP contribution in [0.3, 0.4) is 0 Å². The molecule has 0 amide bonds. The summed E-state index contributed by atoms with van der Waals surface area (Å²) in [6, 6.07) is 0.393. The van der Waals surface area contributed by atoms with Crippen molar-refractivity contribution in [3.8, 4) is 12.3 Å². The van der Waals surface area contributed by atoms with Gasteiger partial charge in [0, 0.05) is 6.04 Å². The van der Waals surface area contributed by atoms with Gasteiger partial charge in [-0.15, -0.1) is 6.42 Å². The van der Waals surface area contributed by atoms with E-state index in [1.54, 1.807) is 0 Å². The fourth-order valence-corrected chi connectivity index (χ4v) is 1.10. The lowest BCUT2D eigenvalue weighted by Gasteiger charge is -2.16. The fraction of sp³-hybridized carbons (Fsp3) is 0.667. The quantitative estimate of drug-likeness (QED) is 0.510. The Hall–Kier alpha value is -0.750. The van der Waals surface area contributed by atoms with Gasteiger partial charge < -0.3 is 10.6 Å². The molecule has 0 spiro atoms. The van der Waals surface area contributed by atoms with Crippen LogP contribution in [0.2, 0.25) is 0 Å². The average molecular weight is 184 g/mol. The first kappa shape index (κ1) is 11.2. The van der Waals surface area contributed by atoms with E-state index in [-0.39, 0.29) is 6.04 Å². The Morgan fingerprint density at radius 1 is 1.50 bits per heavy atom. The van der Waals surface area contributed by atoms with Crippen molar-refractivity contribution in [2.45, 2.75) is 39.3 Å². The second-order valence-electron chi connectivity index (χ2n) is 2.90. The van der Waals surface area contributed by atoms with Gasteiger partial charge in [-0.25, -0.2) is 0 Å². The van der Waals surface area contributed by atoms with Crippen LogP contribution < -0.4 is 10.6 Å². The first-order valence-corrected chi connectivity index (χ1v) is 4.54. The molecule has 3 heteroatoms. The molecular weight excluding hydrogens is 168 g/mol. The maximum atomic E-state index is 5.26. The van der Waals surface area contributed by atoms with Crippen molar-refractivity contribution in [1.82, 2.24) is 10.6 Å². The highest BCUT2D eigenvalue weighted by atomic mass is 32.1. The van der Waals surface area contributed by atoms with Gasteiger partial charge in [0.15, 0.2) is 5.11 Å². The van der Waals surface area contributed by atoms with Crippen LogP contribution in [0.1, 0.15) is 27.2 Å². The molecule has 0 aliphatic rings. The molecule has 68 valence electrons. The molecule has 1 unspecified atom stereocenters. The Morgan fingerprint density at radius 3 is 2.42 bits per heavy atom. The SMILES string of the molecule is C#CC(CC)NC(=S)NC(C)C. The highest BCUT2D eigenvalue weighted by Gasteiger charge is 2.03. The number of hydrogen-bond donors (Lipinski definition) is 2. The normalized spacial score (nSPS) is 11.9. The first-order chi connectivity index (χ1) is 5.60. The molecule has 0 aliphatic heterocycles. The van der Waals surface area contributed by atoms with Crippen molar-refractivity contribution in [3.63, 3.8) is 0 Å². The molecule has 0 heterocycles. The summed E-state index contributed by atoms with van der Waals surface area (Å²) in [6.45, 7) is 6.09. The van der Waals surface area contributed by atoms with Crippen LogP contribution in [0.5, 0.6) is 0 Å². The van der Waals surface area contributed by atoms with Crippen molar-refractivity contribution >= 4 is 17.3 Å². The highest BCUT2D eigenvalue weighted by molar-refractivity contribution is 7.80. The average Bonchev–Trinajstić information content (AvgIpc) is 1.98. The second-order valence-corrected chi connectivity index (χ2v) is 3.31. The molecule has 0 bridgehead atoms. The monoisotopic (exact) mass is 184 g/mol. The van der Waals surface area contributed by atoms with Gasteiger partial charge in [0.2, 0.25) is 0 Å². The topological polar surface area (TPSA) is 24.1 Å². The van der Waals surface area contributed by atoms with Gasteiger partial charge in [-0.05, 0) is 32.5 Å². The lowest BCUT2D eigenvalue weighted by atomic mass is 10.2. The van der Waals surface area contributed by atoms with E-state index in [2.05, 4.69) is 16.6 Å². The Balaban J connectivity index is 3.76. The lowest BCUT2D eigenvalue weighted by Crippen LogP contribution is -2.43. The van der Waals surface area contributed by atoms with Gasteiger partial charge in [-0.1, -0.05) is 12.8 Å². The standard InChI is InChI=1S/C9H16N2S/c1-5-8(6-2)11-9(12)10-7(3)4/h1,7-8H,6H2,2-4H3,(H2,10,11,12). The van der Waals surface area contributed by atoms with Crippen LogP contribution in [0.4, 0.5) is 0 Å². The van der Waals surface area contributed by atoms with E-state index in [1.807, 2.05) is 20.8 Å². The Kier molecular flexibility index (Phi) is 5.48. The lowest BCUT2D eigenvalue weighted by molar-refractivity contribution is 0.671. The van der Waals surface area contributed by atoms with Gasteiger partial charge in [-0.3, -0.25) is 0 Å². The Morgan fingerprint density at radius 2 is 2.08 bits per heavy atom. The van der Waals surface area contributed by atoms with E-state index in [4.69, 9.17) is 18.6 Å². The highest BCUT2D eigenvalue weighted by Crippen LogP contribution is 1.88. The van der Waals surface area contributed by atoms with Crippen molar-refractivity contribution < 1.29 is 0 Å². The molecule has 0 aromatic rings. The zero-order valence-electron chi connectivity index (χ0n) is 7.85. The maximum absolute atomic E-state index is 5.26. The molecule has 0 aromatic heterocycles. The fourth-order valence-electron chi connectivity index (χ4n) is 0.724. The van der Waals surface area contributed by atoms with Crippen molar-refractivity contribution in [2.75, 3.05) is 0 Å². The minimum absolute atomic E-state index is 0.0451. The van der Waals surface area contributed by atoms with Gasteiger partial charge in [0.05, 0.1) is 6.04 Å². The van der Waals surface area contributed by atoms with Crippen LogP contribution >= 0.6 is 12.2 Å². The maximum Gasteiger partial charge on any atom is 0.167 e. The molecule has 0 rings (SSSR count). The third-order valence-electron chi connectivity index (χ3n) is 1.33. The van der Waals surface area contributed by atoms with Gasteiger partial charge >= 0.3 is 0 Å². The summed E-state index contributed by atoms with van der Waals surface area (Å²) in [5, 5.41) is 6.73. The van der Waals surface area contributed by atoms with Crippen molar-refractivity contribution in [1.29, 1.82) is 0 Å². The number of hydrogen-bond acceptors (Lipinski definition) is 1. The van der Waals surface area contributed by atoms with Gasteiger partial charge in [-0.2, -0.15) is 0 Å². The minimum Gasteiger partial charge on any atom is -0.361 e. The van der Waals surface area contributed by atoms with E-state index in [1.165, 1.54) is 0 Å². The van der Waals surface area contributed by atoms with Crippen LogP contribution in [-0.2, 0) is 0 Å². The summed E-state index contributed by atoms with van der Waals surface area (Å²) in [4.78, 5) is 0. The smallest absolute Gasteiger partial charge is 0.167 e. The molecule has 1 atom stereocenters. The van der Waals surface area contributed by atoms with E-state index < -0.39 is 0 Å². The number of nitrogens with one attached hydrogen (secondary N) is 2. The molecule has 2 nitrogen and oxygen atoms in total. The summed E-state index contributed by atoms with van der Waals surface area (Å²) in [5.41, 5.74) is 0. The molecule has 0 radical (unpaired) electrons. The summed E-state index contributed by atoms with van der Waals surface area (Å²) in [6.07, 6.45) is 6.15. The minimum atomic E-state index is 0.0451. The summed E-state index contributed by atoms with van der Waals surface area (Å²) >= 11 is 5.02. The zero-order chi connectivity index (χ0) is 9.56. The van der Waals surface area contributed by atoms with E-state index in [9.17, 15) is 0 Å².